The molecule has 0 spiro atoms. The third-order valence-corrected chi connectivity index (χ3v) is 6.05. The van der Waals surface area contributed by atoms with Crippen LogP contribution in [0.3, 0.4) is 0 Å². The molecule has 1 aliphatic rings. The number of nitrogens with zero attached hydrogens (tertiary/aromatic N) is 3. The SMILES string of the molecule is COc1ccc2sc(N(CC3CCCO3)C(=O)/C=C/c3cccc([N+](=O)[O-])c3)nc2c1. The van der Waals surface area contributed by atoms with Gasteiger partial charge in [-0.2, -0.15) is 0 Å². The van der Waals surface area contributed by atoms with Gasteiger partial charge in [0.2, 0.25) is 0 Å². The lowest BCUT2D eigenvalue weighted by Crippen LogP contribution is -2.36. The summed E-state index contributed by atoms with van der Waals surface area (Å²) in [4.78, 5) is 29.9. The van der Waals surface area contributed by atoms with Crippen molar-refractivity contribution in [2.75, 3.05) is 25.2 Å². The lowest BCUT2D eigenvalue weighted by atomic mass is 10.2. The van der Waals surface area contributed by atoms with Crippen LogP contribution >= 0.6 is 11.3 Å². The summed E-state index contributed by atoms with van der Waals surface area (Å²) in [6.07, 6.45) is 4.80. The molecule has 1 aliphatic heterocycles. The van der Waals surface area contributed by atoms with E-state index in [9.17, 15) is 14.9 Å². The molecule has 0 N–H and O–H groups in total. The first-order valence-corrected chi connectivity index (χ1v) is 10.7. The maximum Gasteiger partial charge on any atom is 0.270 e. The minimum atomic E-state index is -0.460. The number of aromatic nitrogens is 1. The molecule has 1 fully saturated rings. The molecule has 1 aromatic heterocycles. The Morgan fingerprint density at radius 3 is 3.00 bits per heavy atom. The quantitative estimate of drug-likeness (QED) is 0.307. The molecule has 0 bridgehead atoms. The number of fused-ring (bicyclic) bond motifs is 1. The number of rotatable bonds is 7. The molecule has 2 heterocycles. The second-order valence-corrected chi connectivity index (χ2v) is 8.11. The van der Waals surface area contributed by atoms with Crippen molar-refractivity contribution in [1.82, 2.24) is 4.98 Å². The normalized spacial score (nSPS) is 16.1. The number of ether oxygens (including phenoxy) is 2. The number of amides is 1. The third-order valence-electron chi connectivity index (χ3n) is 4.99. The Bertz CT molecular complexity index is 1140. The molecule has 160 valence electrons. The van der Waals surface area contributed by atoms with Crippen LogP contribution in [0.5, 0.6) is 5.75 Å². The average molecular weight is 439 g/mol. The lowest BCUT2D eigenvalue weighted by Gasteiger charge is -2.21. The molecule has 1 unspecified atom stereocenters. The van der Waals surface area contributed by atoms with E-state index >= 15 is 0 Å². The van der Waals surface area contributed by atoms with Crippen molar-refractivity contribution in [3.63, 3.8) is 0 Å². The molecule has 1 saturated heterocycles. The van der Waals surface area contributed by atoms with E-state index in [0.29, 0.717) is 29.6 Å². The number of hydrogen-bond acceptors (Lipinski definition) is 7. The minimum Gasteiger partial charge on any atom is -0.497 e. The number of thiazole rings is 1. The second kappa shape index (κ2) is 9.23. The third kappa shape index (κ3) is 4.89. The zero-order valence-electron chi connectivity index (χ0n) is 16.9. The van der Waals surface area contributed by atoms with E-state index < -0.39 is 4.92 Å². The van der Waals surface area contributed by atoms with Crippen molar-refractivity contribution in [2.45, 2.75) is 18.9 Å². The van der Waals surface area contributed by atoms with Gasteiger partial charge in [0.25, 0.3) is 11.6 Å². The molecule has 0 aliphatic carbocycles. The van der Waals surface area contributed by atoms with Crippen LogP contribution in [0.25, 0.3) is 16.3 Å². The Kier molecular flexibility index (Phi) is 6.24. The van der Waals surface area contributed by atoms with Crippen LogP contribution in [0, 0.1) is 10.1 Å². The average Bonchev–Trinajstić information content (AvgIpc) is 3.44. The number of carbonyl (C=O) groups excluding carboxylic acids is 1. The molecule has 3 aromatic rings. The molecule has 2 aromatic carbocycles. The summed E-state index contributed by atoms with van der Waals surface area (Å²) in [7, 11) is 1.60. The van der Waals surface area contributed by atoms with Gasteiger partial charge in [-0.05, 0) is 36.6 Å². The summed E-state index contributed by atoms with van der Waals surface area (Å²) in [6.45, 7) is 1.09. The van der Waals surface area contributed by atoms with Crippen molar-refractivity contribution >= 4 is 44.4 Å². The number of nitro groups is 1. The van der Waals surface area contributed by atoms with Gasteiger partial charge in [0, 0.05) is 30.9 Å². The van der Waals surface area contributed by atoms with Gasteiger partial charge in [0.15, 0.2) is 5.13 Å². The van der Waals surface area contributed by atoms with Gasteiger partial charge >= 0.3 is 0 Å². The summed E-state index contributed by atoms with van der Waals surface area (Å²) >= 11 is 1.42. The van der Waals surface area contributed by atoms with Crippen LogP contribution in [-0.2, 0) is 9.53 Å². The van der Waals surface area contributed by atoms with Crippen molar-refractivity contribution in [2.24, 2.45) is 0 Å². The Hall–Kier alpha value is -3.30. The molecular weight excluding hydrogens is 418 g/mol. The highest BCUT2D eigenvalue weighted by Gasteiger charge is 2.25. The monoisotopic (exact) mass is 439 g/mol. The van der Waals surface area contributed by atoms with Gasteiger partial charge in [0.05, 0.1) is 34.9 Å². The maximum atomic E-state index is 13.1. The highest BCUT2D eigenvalue weighted by atomic mass is 32.1. The lowest BCUT2D eigenvalue weighted by molar-refractivity contribution is -0.384. The first kappa shape index (κ1) is 21.0. The topological polar surface area (TPSA) is 94.8 Å². The van der Waals surface area contributed by atoms with Crippen LogP contribution in [-0.4, -0.2) is 42.2 Å². The Labute approximate surface area is 182 Å². The van der Waals surface area contributed by atoms with E-state index in [1.165, 1.54) is 29.5 Å². The highest BCUT2D eigenvalue weighted by Crippen LogP contribution is 2.32. The number of methoxy groups -OCH3 is 1. The van der Waals surface area contributed by atoms with Crippen molar-refractivity contribution in [3.8, 4) is 5.75 Å². The van der Waals surface area contributed by atoms with Gasteiger partial charge in [-0.15, -0.1) is 0 Å². The largest absolute Gasteiger partial charge is 0.497 e. The first-order valence-electron chi connectivity index (χ1n) is 9.84. The van der Waals surface area contributed by atoms with Gasteiger partial charge in [-0.25, -0.2) is 4.98 Å². The Morgan fingerprint density at radius 1 is 1.39 bits per heavy atom. The molecular formula is C22H21N3O5S. The van der Waals surface area contributed by atoms with Gasteiger partial charge in [-0.3, -0.25) is 19.8 Å². The zero-order valence-corrected chi connectivity index (χ0v) is 17.7. The molecule has 0 radical (unpaired) electrons. The Balaban J connectivity index is 1.62. The summed E-state index contributed by atoms with van der Waals surface area (Å²) in [6, 6.07) is 11.8. The van der Waals surface area contributed by atoms with Crippen molar-refractivity contribution in [3.05, 3.63) is 64.2 Å². The summed E-state index contributed by atoms with van der Waals surface area (Å²) in [5.41, 5.74) is 1.31. The fourth-order valence-corrected chi connectivity index (χ4v) is 4.35. The minimum absolute atomic E-state index is 0.0223. The molecule has 9 heteroatoms. The number of non-ortho nitro benzene ring substituents is 1. The van der Waals surface area contributed by atoms with Crippen molar-refractivity contribution < 1.29 is 19.2 Å². The molecule has 1 amide bonds. The molecule has 31 heavy (non-hydrogen) atoms. The summed E-state index contributed by atoms with van der Waals surface area (Å²) < 4.78 is 11.9. The summed E-state index contributed by atoms with van der Waals surface area (Å²) in [5.74, 6) is 0.444. The fraction of sp³-hybridized carbons (Fsp3) is 0.273. The maximum absolute atomic E-state index is 13.1. The number of hydrogen-bond donors (Lipinski definition) is 0. The molecule has 1 atom stereocenters. The number of benzene rings is 2. The second-order valence-electron chi connectivity index (χ2n) is 7.10. The van der Waals surface area contributed by atoms with E-state index in [-0.39, 0.29) is 17.7 Å². The first-order chi connectivity index (χ1) is 15.0. The Morgan fingerprint density at radius 2 is 2.26 bits per heavy atom. The zero-order chi connectivity index (χ0) is 21.8. The predicted octanol–water partition coefficient (Wildman–Crippen LogP) is 4.44. The van der Waals surface area contributed by atoms with E-state index in [1.807, 2.05) is 18.2 Å². The fourth-order valence-electron chi connectivity index (χ4n) is 3.39. The van der Waals surface area contributed by atoms with Gasteiger partial charge in [0.1, 0.15) is 5.75 Å². The standard InChI is InChI=1S/C22H21N3O5S/c1-29-17-8-9-20-19(13-17)23-22(31-20)24(14-18-6-3-11-30-18)21(26)10-7-15-4-2-5-16(12-15)25(27)28/h2,4-5,7-10,12-13,18H,3,6,11,14H2,1H3/b10-7+. The smallest absolute Gasteiger partial charge is 0.270 e. The van der Waals surface area contributed by atoms with Gasteiger partial charge < -0.3 is 9.47 Å². The van der Waals surface area contributed by atoms with E-state index in [2.05, 4.69) is 4.98 Å². The molecule has 0 saturated carbocycles. The van der Waals surface area contributed by atoms with Crippen LogP contribution in [0.1, 0.15) is 18.4 Å². The van der Waals surface area contributed by atoms with Crippen molar-refractivity contribution in [1.29, 1.82) is 0 Å². The van der Waals surface area contributed by atoms with E-state index in [4.69, 9.17) is 9.47 Å². The number of anilines is 1. The molecule has 4 rings (SSSR count). The number of carbonyl (C=O) groups is 1. The van der Waals surface area contributed by atoms with Crippen LogP contribution < -0.4 is 9.64 Å². The van der Waals surface area contributed by atoms with E-state index in [1.54, 1.807) is 30.2 Å². The highest BCUT2D eigenvalue weighted by molar-refractivity contribution is 7.22. The van der Waals surface area contributed by atoms with Crippen LogP contribution in [0.2, 0.25) is 0 Å². The summed E-state index contributed by atoms with van der Waals surface area (Å²) in [5, 5.41) is 11.6. The number of nitro benzene ring substituents is 1. The predicted molar refractivity (Wildman–Crippen MR) is 120 cm³/mol. The van der Waals surface area contributed by atoms with E-state index in [0.717, 1.165) is 23.1 Å². The van der Waals surface area contributed by atoms with Crippen LogP contribution in [0.4, 0.5) is 10.8 Å². The van der Waals surface area contributed by atoms with Crippen LogP contribution in [0.15, 0.2) is 48.5 Å². The van der Waals surface area contributed by atoms with Gasteiger partial charge in [-0.1, -0.05) is 23.5 Å². The molecule has 8 nitrogen and oxygen atoms in total.